The quantitative estimate of drug-likeness (QED) is 0.181. The predicted molar refractivity (Wildman–Crippen MR) is 170 cm³/mol. The smallest absolute Gasteiger partial charge is 0.273 e. The monoisotopic (exact) mass is 664 g/mol. The average molecular weight is 666 g/mol. The van der Waals surface area contributed by atoms with Crippen LogP contribution in [-0.4, -0.2) is 55.8 Å². The van der Waals surface area contributed by atoms with Gasteiger partial charge in [-0.2, -0.15) is 0 Å². The van der Waals surface area contributed by atoms with Gasteiger partial charge in [0, 0.05) is 39.8 Å². The maximum Gasteiger partial charge on any atom is 0.273 e. The molecule has 2 atom stereocenters. The van der Waals surface area contributed by atoms with Gasteiger partial charge in [0.2, 0.25) is 11.8 Å². The maximum atomic E-state index is 14.1. The molecule has 2 unspecified atom stereocenters. The second kappa shape index (κ2) is 14.7. The largest absolute Gasteiger partial charge is 0.497 e. The zero-order chi connectivity index (χ0) is 32.8. The van der Waals surface area contributed by atoms with Gasteiger partial charge in [0.15, 0.2) is 0 Å². The highest BCUT2D eigenvalue weighted by Crippen LogP contribution is 2.31. The Morgan fingerprint density at radius 1 is 1.05 bits per heavy atom. The normalized spacial score (nSPS) is 12.6. The second-order valence-corrected chi connectivity index (χ2v) is 12.8. The number of carbonyl (C=O) groups excluding carboxylic acids is 2. The number of carbonyl (C=O) groups is 2. The number of sulfonamides is 1. The van der Waals surface area contributed by atoms with E-state index in [1.165, 1.54) is 62.3 Å². The Morgan fingerprint density at radius 3 is 2.20 bits per heavy atom. The van der Waals surface area contributed by atoms with Crippen molar-refractivity contribution in [2.24, 2.45) is 0 Å². The molecule has 2 amide bonds. The molecule has 0 bridgehead atoms. The lowest BCUT2D eigenvalue weighted by Crippen LogP contribution is -2.52. The number of hydrogen-bond donors (Lipinski definition) is 1. The highest BCUT2D eigenvalue weighted by molar-refractivity contribution is 7.92. The number of nitro groups is 1. The van der Waals surface area contributed by atoms with Crippen LogP contribution in [0.3, 0.4) is 0 Å². The number of nitrogens with one attached hydrogen (secondary N) is 1. The number of benzene rings is 3. The van der Waals surface area contributed by atoms with Gasteiger partial charge in [-0.05, 0) is 69.7 Å². The van der Waals surface area contributed by atoms with Crippen molar-refractivity contribution in [3.63, 3.8) is 0 Å². The summed E-state index contributed by atoms with van der Waals surface area (Å²) in [7, 11) is -3.10. The number of rotatable bonds is 13. The van der Waals surface area contributed by atoms with Gasteiger partial charge in [-0.25, -0.2) is 8.42 Å². The molecule has 236 valence electrons. The SMILES string of the molecule is CCC(C)NC(=O)C(C)N(Cc1c(Cl)cccc1Cl)C(=O)CN(c1ccc(OC)cc1)S(=O)(=O)c1ccc(C)c([N+](=O)[O-])c1. The van der Waals surface area contributed by atoms with Crippen molar-refractivity contribution in [2.75, 3.05) is 18.0 Å². The Morgan fingerprint density at radius 2 is 1.66 bits per heavy atom. The molecular formula is C30H34Cl2N4O7S. The van der Waals surface area contributed by atoms with E-state index in [0.29, 0.717) is 17.7 Å². The maximum absolute atomic E-state index is 14.1. The molecule has 0 aromatic heterocycles. The number of anilines is 1. The molecule has 0 fully saturated rings. The molecule has 0 spiro atoms. The molecule has 3 aromatic rings. The van der Waals surface area contributed by atoms with Crippen LogP contribution in [0.2, 0.25) is 10.0 Å². The van der Waals surface area contributed by atoms with E-state index >= 15 is 0 Å². The lowest BCUT2D eigenvalue weighted by molar-refractivity contribution is -0.385. The highest BCUT2D eigenvalue weighted by Gasteiger charge is 2.34. The molecule has 14 heteroatoms. The minimum absolute atomic E-state index is 0.0924. The van der Waals surface area contributed by atoms with Crippen molar-refractivity contribution >= 4 is 56.4 Å². The summed E-state index contributed by atoms with van der Waals surface area (Å²) in [5.41, 5.74) is 0.345. The van der Waals surface area contributed by atoms with Crippen LogP contribution in [-0.2, 0) is 26.2 Å². The number of ether oxygens (including phenoxy) is 1. The lowest BCUT2D eigenvalue weighted by Gasteiger charge is -2.32. The number of aryl methyl sites for hydroxylation is 1. The molecule has 0 aliphatic rings. The van der Waals surface area contributed by atoms with Gasteiger partial charge in [0.05, 0.1) is 22.6 Å². The summed E-state index contributed by atoms with van der Waals surface area (Å²) in [5.74, 6) is -0.758. The van der Waals surface area contributed by atoms with Crippen LogP contribution in [0.4, 0.5) is 11.4 Å². The Bertz CT molecular complexity index is 1610. The zero-order valence-corrected chi connectivity index (χ0v) is 27.2. The van der Waals surface area contributed by atoms with E-state index in [1.807, 2.05) is 13.8 Å². The van der Waals surface area contributed by atoms with Crippen LogP contribution in [0, 0.1) is 17.0 Å². The van der Waals surface area contributed by atoms with E-state index in [1.54, 1.807) is 18.2 Å². The van der Waals surface area contributed by atoms with Gasteiger partial charge in [0.1, 0.15) is 18.3 Å². The Hall–Kier alpha value is -3.87. The van der Waals surface area contributed by atoms with Crippen molar-refractivity contribution in [2.45, 2.75) is 57.6 Å². The van der Waals surface area contributed by atoms with E-state index in [9.17, 15) is 28.1 Å². The fourth-order valence-corrected chi connectivity index (χ4v) is 6.20. The first-order valence-electron chi connectivity index (χ1n) is 13.7. The molecule has 0 saturated carbocycles. The van der Waals surface area contributed by atoms with Crippen molar-refractivity contribution < 1.29 is 27.7 Å². The fourth-order valence-electron chi connectivity index (χ4n) is 4.25. The molecule has 11 nitrogen and oxygen atoms in total. The van der Waals surface area contributed by atoms with E-state index in [2.05, 4.69) is 5.32 Å². The molecule has 0 aliphatic carbocycles. The molecule has 0 saturated heterocycles. The molecule has 0 aliphatic heterocycles. The van der Waals surface area contributed by atoms with Crippen LogP contribution in [0.25, 0.3) is 0 Å². The number of hydrogen-bond acceptors (Lipinski definition) is 7. The summed E-state index contributed by atoms with van der Waals surface area (Å²) in [6.45, 7) is 5.78. The van der Waals surface area contributed by atoms with E-state index < -0.39 is 45.0 Å². The molecule has 44 heavy (non-hydrogen) atoms. The molecule has 1 N–H and O–H groups in total. The first kappa shape index (κ1) is 34.6. The highest BCUT2D eigenvalue weighted by atomic mass is 35.5. The van der Waals surface area contributed by atoms with Gasteiger partial charge >= 0.3 is 0 Å². The minimum atomic E-state index is -4.55. The first-order chi connectivity index (χ1) is 20.7. The van der Waals surface area contributed by atoms with E-state index in [-0.39, 0.29) is 38.8 Å². The third-order valence-electron chi connectivity index (χ3n) is 7.16. The third kappa shape index (κ3) is 7.99. The topological polar surface area (TPSA) is 139 Å². The van der Waals surface area contributed by atoms with Crippen LogP contribution in [0.5, 0.6) is 5.75 Å². The molecule has 3 aromatic carbocycles. The minimum Gasteiger partial charge on any atom is -0.497 e. The first-order valence-corrected chi connectivity index (χ1v) is 15.8. The fraction of sp³-hybridized carbons (Fsp3) is 0.333. The number of halogens is 2. The summed E-state index contributed by atoms with van der Waals surface area (Å²) >= 11 is 12.8. The van der Waals surface area contributed by atoms with Crippen molar-refractivity contribution in [1.29, 1.82) is 0 Å². The molecule has 0 heterocycles. The van der Waals surface area contributed by atoms with E-state index in [4.69, 9.17) is 27.9 Å². The Labute approximate surface area is 266 Å². The zero-order valence-electron chi connectivity index (χ0n) is 24.9. The van der Waals surface area contributed by atoms with Gasteiger partial charge in [0.25, 0.3) is 15.7 Å². The number of nitro benzene ring substituents is 1. The van der Waals surface area contributed by atoms with Crippen LogP contribution >= 0.6 is 23.2 Å². The summed E-state index contributed by atoms with van der Waals surface area (Å²) in [6, 6.07) is 13.0. The molecular weight excluding hydrogens is 631 g/mol. The molecule has 0 radical (unpaired) electrons. The number of methoxy groups -OCH3 is 1. The summed E-state index contributed by atoms with van der Waals surface area (Å²) < 4.78 is 34.2. The second-order valence-electron chi connectivity index (χ2n) is 10.1. The van der Waals surface area contributed by atoms with Gasteiger partial charge in [-0.1, -0.05) is 42.3 Å². The van der Waals surface area contributed by atoms with Crippen molar-refractivity contribution in [3.8, 4) is 5.75 Å². The number of amides is 2. The van der Waals surface area contributed by atoms with Crippen molar-refractivity contribution in [3.05, 3.63) is 92.0 Å². The summed E-state index contributed by atoms with van der Waals surface area (Å²) in [5, 5.41) is 15.0. The van der Waals surface area contributed by atoms with Crippen molar-refractivity contribution in [1.82, 2.24) is 10.2 Å². The summed E-state index contributed by atoms with van der Waals surface area (Å²) in [6.07, 6.45) is 0.648. The average Bonchev–Trinajstić information content (AvgIpc) is 2.99. The van der Waals surface area contributed by atoms with Crippen LogP contribution < -0.4 is 14.4 Å². The van der Waals surface area contributed by atoms with Crippen LogP contribution in [0.15, 0.2) is 65.6 Å². The standard InChI is InChI=1S/C30H34Cl2N4O7S/c1-6-20(3)33-30(38)21(4)34(17-25-26(31)8-7-9-27(25)32)29(37)18-35(22-11-13-23(43-5)14-12-22)44(41,42)24-15-10-19(2)28(16-24)36(39)40/h7-16,20-21H,6,17-18H2,1-5H3,(H,33,38). The number of nitrogens with zero attached hydrogens (tertiary/aromatic N) is 3. The van der Waals surface area contributed by atoms with Gasteiger partial charge in [-0.3, -0.25) is 24.0 Å². The van der Waals surface area contributed by atoms with E-state index in [0.717, 1.165) is 10.4 Å². The van der Waals surface area contributed by atoms with Gasteiger partial charge in [-0.15, -0.1) is 0 Å². The Kier molecular flexibility index (Phi) is 11.6. The third-order valence-corrected chi connectivity index (χ3v) is 9.64. The molecule has 3 rings (SSSR count). The van der Waals surface area contributed by atoms with Gasteiger partial charge < -0.3 is 15.0 Å². The lowest BCUT2D eigenvalue weighted by atomic mass is 10.1. The summed E-state index contributed by atoms with van der Waals surface area (Å²) in [4.78, 5) is 39.1. The predicted octanol–water partition coefficient (Wildman–Crippen LogP) is 5.75. The Balaban J connectivity index is 2.13. The van der Waals surface area contributed by atoms with Crippen LogP contribution in [0.1, 0.15) is 38.3 Å².